The lowest BCUT2D eigenvalue weighted by Gasteiger charge is -2.39. The number of oxazole rings is 1. The van der Waals surface area contributed by atoms with E-state index in [-0.39, 0.29) is 12.1 Å². The smallest absolute Gasteiger partial charge is 0.410 e. The van der Waals surface area contributed by atoms with Crippen molar-refractivity contribution >= 4 is 40.5 Å². The number of anilines is 2. The Balaban J connectivity index is 1.55. The highest BCUT2D eigenvalue weighted by molar-refractivity contribution is 6.31. The second kappa shape index (κ2) is 7.42. The molecule has 0 spiro atoms. The standard InChI is InChI=1S/C20H26ClN5O3/c1-13-12-24(19(27)29-20(2,3)4)8-9-25(13)18-23-15-10-14(21)11-16(17(15)28-18)26-7-5-6-22-26/h5,7,10-11,13,22H,6,8-9,12H2,1-4H3/t13-/m0/s1. The number of carbonyl (C=O) groups excluding carboxylic acids is 1. The van der Waals surface area contributed by atoms with E-state index in [1.807, 2.05) is 51.0 Å². The molecule has 156 valence electrons. The van der Waals surface area contributed by atoms with Gasteiger partial charge in [0.1, 0.15) is 16.8 Å². The summed E-state index contributed by atoms with van der Waals surface area (Å²) in [6.45, 7) is 10.1. The Bertz CT molecular complexity index is 951. The summed E-state index contributed by atoms with van der Waals surface area (Å²) in [7, 11) is 0. The predicted molar refractivity (Wildman–Crippen MR) is 113 cm³/mol. The molecule has 8 nitrogen and oxygen atoms in total. The number of nitrogens with one attached hydrogen (secondary N) is 1. The van der Waals surface area contributed by atoms with E-state index in [9.17, 15) is 4.79 Å². The maximum atomic E-state index is 12.4. The molecule has 2 aliphatic rings. The Kier molecular flexibility index (Phi) is 5.08. The van der Waals surface area contributed by atoms with E-state index < -0.39 is 5.60 Å². The van der Waals surface area contributed by atoms with E-state index >= 15 is 0 Å². The summed E-state index contributed by atoms with van der Waals surface area (Å²) in [6.07, 6.45) is 3.67. The fourth-order valence-electron chi connectivity index (χ4n) is 3.53. The van der Waals surface area contributed by atoms with E-state index in [0.717, 1.165) is 12.2 Å². The minimum atomic E-state index is -0.508. The van der Waals surface area contributed by atoms with Crippen LogP contribution in [-0.2, 0) is 4.74 Å². The first-order chi connectivity index (χ1) is 13.7. The Morgan fingerprint density at radius 1 is 1.34 bits per heavy atom. The molecule has 0 saturated carbocycles. The number of hydrogen-bond acceptors (Lipinski definition) is 7. The predicted octanol–water partition coefficient (Wildman–Crippen LogP) is 3.77. The van der Waals surface area contributed by atoms with Crippen LogP contribution in [-0.4, -0.2) is 53.8 Å². The van der Waals surface area contributed by atoms with Gasteiger partial charge in [0.05, 0.1) is 0 Å². The SMILES string of the molecule is C[C@H]1CN(C(=O)OC(C)(C)C)CCN1c1nc2cc(Cl)cc(N3C=CCN3)c2o1. The first kappa shape index (κ1) is 19.8. The van der Waals surface area contributed by atoms with Crippen molar-refractivity contribution in [2.45, 2.75) is 39.3 Å². The van der Waals surface area contributed by atoms with Crippen molar-refractivity contribution < 1.29 is 13.9 Å². The van der Waals surface area contributed by atoms with E-state index in [2.05, 4.69) is 15.3 Å². The molecule has 1 atom stereocenters. The summed E-state index contributed by atoms with van der Waals surface area (Å²) in [5.74, 6) is 0. The van der Waals surface area contributed by atoms with Gasteiger partial charge in [0.25, 0.3) is 6.01 Å². The molecule has 29 heavy (non-hydrogen) atoms. The van der Waals surface area contributed by atoms with Crippen molar-refractivity contribution in [3.8, 4) is 0 Å². The summed E-state index contributed by atoms with van der Waals surface area (Å²) in [5, 5.41) is 2.48. The molecule has 1 amide bonds. The van der Waals surface area contributed by atoms with Gasteiger partial charge in [0.15, 0.2) is 5.58 Å². The average Bonchev–Trinajstić information content (AvgIpc) is 3.29. The lowest BCUT2D eigenvalue weighted by atomic mass is 10.2. The van der Waals surface area contributed by atoms with Crippen LogP contribution in [0, 0.1) is 0 Å². The first-order valence-electron chi connectivity index (χ1n) is 9.75. The Labute approximate surface area is 175 Å². The monoisotopic (exact) mass is 419 g/mol. The van der Waals surface area contributed by atoms with Crippen LogP contribution >= 0.6 is 11.6 Å². The van der Waals surface area contributed by atoms with Crippen molar-refractivity contribution in [1.29, 1.82) is 0 Å². The molecule has 0 radical (unpaired) electrons. The third kappa shape index (κ3) is 4.13. The van der Waals surface area contributed by atoms with Gasteiger partial charge in [-0.25, -0.2) is 10.2 Å². The molecule has 1 N–H and O–H groups in total. The van der Waals surface area contributed by atoms with Crippen LogP contribution in [0.3, 0.4) is 0 Å². The molecular formula is C20H26ClN5O3. The molecule has 2 aliphatic heterocycles. The molecule has 9 heteroatoms. The van der Waals surface area contributed by atoms with Gasteiger partial charge in [-0.05, 0) is 39.8 Å². The largest absolute Gasteiger partial charge is 0.444 e. The van der Waals surface area contributed by atoms with Crippen molar-refractivity contribution in [1.82, 2.24) is 15.3 Å². The van der Waals surface area contributed by atoms with Crippen LogP contribution in [0.15, 0.2) is 28.8 Å². The number of nitrogens with zero attached hydrogens (tertiary/aromatic N) is 4. The molecule has 0 bridgehead atoms. The number of aromatic nitrogens is 1. The topological polar surface area (TPSA) is 74.1 Å². The molecule has 2 aromatic rings. The Morgan fingerprint density at radius 3 is 2.79 bits per heavy atom. The zero-order valence-electron chi connectivity index (χ0n) is 17.1. The number of benzene rings is 1. The average molecular weight is 420 g/mol. The van der Waals surface area contributed by atoms with E-state index in [0.29, 0.717) is 41.8 Å². The van der Waals surface area contributed by atoms with E-state index in [4.69, 9.17) is 20.8 Å². The highest BCUT2D eigenvalue weighted by Crippen LogP contribution is 2.35. The number of halogens is 1. The highest BCUT2D eigenvalue weighted by Gasteiger charge is 2.32. The molecule has 1 aromatic carbocycles. The maximum absolute atomic E-state index is 12.4. The Hall–Kier alpha value is -2.45. The highest BCUT2D eigenvalue weighted by atomic mass is 35.5. The summed E-state index contributed by atoms with van der Waals surface area (Å²) in [4.78, 5) is 20.9. The number of rotatable bonds is 2. The first-order valence-corrected chi connectivity index (χ1v) is 10.1. The van der Waals surface area contributed by atoms with Crippen molar-refractivity contribution in [2.75, 3.05) is 36.1 Å². The number of hydrogen-bond donors (Lipinski definition) is 1. The fraction of sp³-hybridized carbons (Fsp3) is 0.500. The number of amides is 1. The van der Waals surface area contributed by atoms with Crippen molar-refractivity contribution in [3.05, 3.63) is 29.4 Å². The fourth-order valence-corrected chi connectivity index (χ4v) is 3.74. The minimum Gasteiger partial charge on any atom is -0.444 e. The summed E-state index contributed by atoms with van der Waals surface area (Å²) >= 11 is 6.30. The molecular weight excluding hydrogens is 394 g/mol. The van der Waals surface area contributed by atoms with Crippen LogP contribution in [0.5, 0.6) is 0 Å². The molecule has 1 fully saturated rings. The molecule has 0 unspecified atom stereocenters. The molecule has 4 rings (SSSR count). The minimum absolute atomic E-state index is 0.0352. The number of hydrazine groups is 1. The van der Waals surface area contributed by atoms with Gasteiger partial charge >= 0.3 is 6.09 Å². The third-order valence-electron chi connectivity index (χ3n) is 4.84. The lowest BCUT2D eigenvalue weighted by molar-refractivity contribution is 0.0216. The summed E-state index contributed by atoms with van der Waals surface area (Å²) < 4.78 is 11.7. The quantitative estimate of drug-likeness (QED) is 0.794. The normalized spacial score (nSPS) is 20.0. The van der Waals surface area contributed by atoms with Crippen LogP contribution in [0.2, 0.25) is 5.02 Å². The van der Waals surface area contributed by atoms with E-state index in [1.165, 1.54) is 0 Å². The second-order valence-corrected chi connectivity index (χ2v) is 8.79. The third-order valence-corrected chi connectivity index (χ3v) is 5.06. The van der Waals surface area contributed by atoms with Gasteiger partial charge in [-0.2, -0.15) is 4.98 Å². The summed E-state index contributed by atoms with van der Waals surface area (Å²) in [5.41, 5.74) is 4.91. The van der Waals surface area contributed by atoms with Gasteiger partial charge in [-0.1, -0.05) is 17.7 Å². The van der Waals surface area contributed by atoms with Crippen molar-refractivity contribution in [3.63, 3.8) is 0 Å². The molecule has 1 aromatic heterocycles. The number of carbonyl (C=O) groups is 1. The maximum Gasteiger partial charge on any atom is 0.410 e. The Morgan fingerprint density at radius 2 is 2.14 bits per heavy atom. The summed E-state index contributed by atoms with van der Waals surface area (Å²) in [6, 6.07) is 4.22. The number of fused-ring (bicyclic) bond motifs is 1. The van der Waals surface area contributed by atoms with Gasteiger partial charge < -0.3 is 19.0 Å². The van der Waals surface area contributed by atoms with Gasteiger partial charge in [-0.3, -0.25) is 5.01 Å². The van der Waals surface area contributed by atoms with E-state index in [1.54, 1.807) is 11.0 Å². The molecule has 3 heterocycles. The van der Waals surface area contributed by atoms with Crippen LogP contribution in [0.4, 0.5) is 16.5 Å². The van der Waals surface area contributed by atoms with Crippen LogP contribution in [0.25, 0.3) is 11.1 Å². The van der Waals surface area contributed by atoms with Gasteiger partial charge in [0.2, 0.25) is 0 Å². The molecule has 1 saturated heterocycles. The van der Waals surface area contributed by atoms with Crippen LogP contribution < -0.4 is 15.3 Å². The van der Waals surface area contributed by atoms with Gasteiger partial charge in [0, 0.05) is 43.4 Å². The zero-order valence-corrected chi connectivity index (χ0v) is 17.9. The molecule has 0 aliphatic carbocycles. The van der Waals surface area contributed by atoms with Crippen molar-refractivity contribution in [2.24, 2.45) is 0 Å². The lowest BCUT2D eigenvalue weighted by Crippen LogP contribution is -2.54. The van der Waals surface area contributed by atoms with Crippen LogP contribution in [0.1, 0.15) is 27.7 Å². The zero-order chi connectivity index (χ0) is 20.8. The second-order valence-electron chi connectivity index (χ2n) is 8.36. The number of ether oxygens (including phenoxy) is 1. The number of piperazine rings is 1. The van der Waals surface area contributed by atoms with Gasteiger partial charge in [-0.15, -0.1) is 0 Å².